The van der Waals surface area contributed by atoms with Crippen LogP contribution >= 0.6 is 0 Å². The van der Waals surface area contributed by atoms with Crippen molar-refractivity contribution < 1.29 is 23.6 Å². The molecule has 0 aliphatic heterocycles. The number of aromatic nitrogens is 1. The Kier molecular flexibility index (Phi) is 4.17. The van der Waals surface area contributed by atoms with E-state index >= 15 is 0 Å². The number of nitro groups is 1. The Morgan fingerprint density at radius 3 is 2.86 bits per heavy atom. The van der Waals surface area contributed by atoms with E-state index in [0.717, 1.165) is 6.26 Å². The lowest BCUT2D eigenvalue weighted by Gasteiger charge is -2.03. The van der Waals surface area contributed by atoms with E-state index in [1.165, 1.54) is 18.2 Å². The third-order valence-corrected chi connectivity index (χ3v) is 2.53. The Labute approximate surface area is 119 Å². The molecule has 2 aromatic rings. The van der Waals surface area contributed by atoms with E-state index < -0.39 is 10.9 Å². The van der Waals surface area contributed by atoms with Gasteiger partial charge in [-0.2, -0.15) is 4.98 Å². The van der Waals surface area contributed by atoms with E-state index in [2.05, 4.69) is 4.98 Å². The zero-order valence-electron chi connectivity index (χ0n) is 11.4. The summed E-state index contributed by atoms with van der Waals surface area (Å²) in [5, 5.41) is 10.6. The molecule has 0 N–H and O–H groups in total. The Morgan fingerprint density at radius 2 is 2.24 bits per heavy atom. The Hall–Kier alpha value is -2.90. The number of non-ortho nitro benzene ring substituents is 1. The molecule has 0 amide bonds. The molecule has 0 aliphatic carbocycles. The summed E-state index contributed by atoms with van der Waals surface area (Å²) in [4.78, 5) is 25.4. The molecule has 1 aromatic carbocycles. The summed E-state index contributed by atoms with van der Waals surface area (Å²) >= 11 is 0. The molecule has 2 rings (SSSR count). The van der Waals surface area contributed by atoms with Gasteiger partial charge in [-0.25, -0.2) is 4.79 Å². The monoisotopic (exact) mass is 292 g/mol. The number of aryl methyl sites for hydroxylation is 1. The first kappa shape index (κ1) is 14.5. The van der Waals surface area contributed by atoms with Gasteiger partial charge in [0, 0.05) is 12.1 Å². The van der Waals surface area contributed by atoms with Crippen molar-refractivity contribution in [1.29, 1.82) is 0 Å². The average molecular weight is 292 g/mol. The smallest absolute Gasteiger partial charge is 0.399 e. The topological polar surface area (TPSA) is 105 Å². The van der Waals surface area contributed by atoms with Crippen molar-refractivity contribution in [3.63, 3.8) is 0 Å². The summed E-state index contributed by atoms with van der Waals surface area (Å²) in [6.45, 7) is 3.55. The number of esters is 1. The van der Waals surface area contributed by atoms with Crippen LogP contribution in [-0.2, 0) is 4.74 Å². The first-order chi connectivity index (χ1) is 10.0. The largest absolute Gasteiger partial charge is 0.461 e. The first-order valence-corrected chi connectivity index (χ1v) is 6.06. The fourth-order valence-corrected chi connectivity index (χ4v) is 1.56. The second-order valence-corrected chi connectivity index (χ2v) is 4.03. The minimum Gasteiger partial charge on any atom is -0.461 e. The number of hydrogen-bond donors (Lipinski definition) is 0. The highest BCUT2D eigenvalue weighted by molar-refractivity contribution is 5.86. The molecule has 0 bridgehead atoms. The van der Waals surface area contributed by atoms with Crippen molar-refractivity contribution in [3.8, 4) is 11.8 Å². The van der Waals surface area contributed by atoms with Gasteiger partial charge in [0.15, 0.2) is 5.69 Å². The molecule has 0 spiro atoms. The highest BCUT2D eigenvalue weighted by atomic mass is 16.6. The van der Waals surface area contributed by atoms with E-state index in [-0.39, 0.29) is 24.1 Å². The maximum atomic E-state index is 11.4. The van der Waals surface area contributed by atoms with Crippen molar-refractivity contribution in [1.82, 2.24) is 4.98 Å². The van der Waals surface area contributed by atoms with Gasteiger partial charge in [0.2, 0.25) is 0 Å². The van der Waals surface area contributed by atoms with Crippen molar-refractivity contribution in [2.24, 2.45) is 0 Å². The molecular formula is C13H12N2O6. The predicted octanol–water partition coefficient (Wildman–Crippen LogP) is 2.86. The van der Waals surface area contributed by atoms with E-state index in [1.54, 1.807) is 13.8 Å². The van der Waals surface area contributed by atoms with Gasteiger partial charge in [-0.3, -0.25) is 10.1 Å². The van der Waals surface area contributed by atoms with Crippen LogP contribution in [0.5, 0.6) is 11.8 Å². The molecule has 110 valence electrons. The molecule has 0 atom stereocenters. The normalized spacial score (nSPS) is 10.2. The molecule has 0 saturated carbocycles. The average Bonchev–Trinajstić information content (AvgIpc) is 2.90. The molecule has 1 heterocycles. The summed E-state index contributed by atoms with van der Waals surface area (Å²) < 4.78 is 15.1. The third-order valence-electron chi connectivity index (χ3n) is 2.53. The molecule has 0 unspecified atom stereocenters. The number of carbonyl (C=O) groups is 1. The molecule has 21 heavy (non-hydrogen) atoms. The molecule has 8 nitrogen and oxygen atoms in total. The predicted molar refractivity (Wildman–Crippen MR) is 70.4 cm³/mol. The van der Waals surface area contributed by atoms with Gasteiger partial charge in [0.1, 0.15) is 12.0 Å². The van der Waals surface area contributed by atoms with Crippen molar-refractivity contribution in [2.45, 2.75) is 13.8 Å². The van der Waals surface area contributed by atoms with E-state index in [1.807, 2.05) is 0 Å². The van der Waals surface area contributed by atoms with Gasteiger partial charge in [0.25, 0.3) is 5.69 Å². The number of hydrogen-bond acceptors (Lipinski definition) is 7. The van der Waals surface area contributed by atoms with Crippen LogP contribution in [0.1, 0.15) is 23.0 Å². The number of carbonyl (C=O) groups excluding carboxylic acids is 1. The molecule has 0 radical (unpaired) electrons. The SMILES string of the molecule is CCOC(=O)c1coc(Oc2ccc([N+](=O)[O-])cc2C)n1. The van der Waals surface area contributed by atoms with Crippen molar-refractivity contribution in [2.75, 3.05) is 6.61 Å². The van der Waals surface area contributed by atoms with Crippen LogP contribution < -0.4 is 4.74 Å². The van der Waals surface area contributed by atoms with Gasteiger partial charge in [0.05, 0.1) is 11.5 Å². The zero-order chi connectivity index (χ0) is 15.4. The molecule has 0 fully saturated rings. The molecule has 0 aliphatic rings. The van der Waals surface area contributed by atoms with Crippen LogP contribution in [0.25, 0.3) is 0 Å². The van der Waals surface area contributed by atoms with Gasteiger partial charge in [-0.05, 0) is 25.5 Å². The van der Waals surface area contributed by atoms with Crippen LogP contribution in [0.15, 0.2) is 28.9 Å². The lowest BCUT2D eigenvalue weighted by atomic mass is 10.2. The first-order valence-electron chi connectivity index (χ1n) is 6.06. The molecule has 8 heteroatoms. The van der Waals surface area contributed by atoms with E-state index in [9.17, 15) is 14.9 Å². The third kappa shape index (κ3) is 3.35. The number of nitrogens with zero attached hydrogens (tertiary/aromatic N) is 2. The second-order valence-electron chi connectivity index (χ2n) is 4.03. The zero-order valence-corrected chi connectivity index (χ0v) is 11.4. The fraction of sp³-hybridized carbons (Fsp3) is 0.231. The van der Waals surface area contributed by atoms with Gasteiger partial charge < -0.3 is 13.9 Å². The molecular weight excluding hydrogens is 280 g/mol. The van der Waals surface area contributed by atoms with Crippen LogP contribution in [-0.4, -0.2) is 22.5 Å². The Morgan fingerprint density at radius 1 is 1.48 bits per heavy atom. The summed E-state index contributed by atoms with van der Waals surface area (Å²) in [7, 11) is 0. The van der Waals surface area contributed by atoms with Gasteiger partial charge >= 0.3 is 12.0 Å². The van der Waals surface area contributed by atoms with Crippen LogP contribution in [0.3, 0.4) is 0 Å². The number of rotatable bonds is 5. The highest BCUT2D eigenvalue weighted by Crippen LogP contribution is 2.27. The maximum Gasteiger partial charge on any atom is 0.399 e. The molecule has 1 aromatic heterocycles. The van der Waals surface area contributed by atoms with Crippen molar-refractivity contribution in [3.05, 3.63) is 45.8 Å². The van der Waals surface area contributed by atoms with E-state index in [4.69, 9.17) is 13.9 Å². The summed E-state index contributed by atoms with van der Waals surface area (Å²) in [6, 6.07) is 4.10. The van der Waals surface area contributed by atoms with Gasteiger partial charge in [-0.15, -0.1) is 0 Å². The lowest BCUT2D eigenvalue weighted by molar-refractivity contribution is -0.384. The highest BCUT2D eigenvalue weighted by Gasteiger charge is 2.16. The van der Waals surface area contributed by atoms with Gasteiger partial charge in [-0.1, -0.05) is 0 Å². The standard InChI is InChI=1S/C13H12N2O6/c1-3-19-12(16)10-7-20-13(14-10)21-11-5-4-9(15(17)18)6-8(11)2/h4-7H,3H2,1-2H3. The second kappa shape index (κ2) is 6.04. The summed E-state index contributed by atoms with van der Waals surface area (Å²) in [5.74, 6) is -0.269. The number of oxazole rings is 1. The molecule has 0 saturated heterocycles. The van der Waals surface area contributed by atoms with Crippen LogP contribution in [0.4, 0.5) is 5.69 Å². The summed E-state index contributed by atoms with van der Waals surface area (Å²) in [5.41, 5.74) is 0.492. The lowest BCUT2D eigenvalue weighted by Crippen LogP contribution is -2.04. The Bertz CT molecular complexity index is 679. The van der Waals surface area contributed by atoms with Crippen molar-refractivity contribution >= 4 is 11.7 Å². The number of nitro benzene ring substituents is 1. The quantitative estimate of drug-likeness (QED) is 0.474. The maximum absolute atomic E-state index is 11.4. The Balaban J connectivity index is 2.15. The minimum absolute atomic E-state index is 0.00795. The number of benzene rings is 1. The summed E-state index contributed by atoms with van der Waals surface area (Å²) in [6.07, 6.45) is 0.976. The van der Waals surface area contributed by atoms with Crippen LogP contribution in [0.2, 0.25) is 0 Å². The fourth-order valence-electron chi connectivity index (χ4n) is 1.56. The number of ether oxygens (including phenoxy) is 2. The van der Waals surface area contributed by atoms with Crippen LogP contribution in [0, 0.1) is 17.0 Å². The minimum atomic E-state index is -0.614. The van der Waals surface area contributed by atoms with E-state index in [0.29, 0.717) is 11.3 Å².